The summed E-state index contributed by atoms with van der Waals surface area (Å²) in [6.45, 7) is 1.68. The van der Waals surface area contributed by atoms with Crippen LogP contribution in [0.2, 0.25) is 0 Å². The third-order valence-electron chi connectivity index (χ3n) is 1.51. The second-order valence-corrected chi connectivity index (χ2v) is 2.51. The van der Waals surface area contributed by atoms with E-state index in [1.165, 1.54) is 10.9 Å². The molecular formula is C6H11N5O. The van der Waals surface area contributed by atoms with E-state index in [4.69, 9.17) is 5.73 Å². The van der Waals surface area contributed by atoms with Gasteiger partial charge in [-0.25, -0.2) is 4.68 Å². The number of aromatic nitrogens is 3. The Morgan fingerprint density at radius 1 is 1.83 bits per heavy atom. The van der Waals surface area contributed by atoms with Gasteiger partial charge in [-0.3, -0.25) is 4.79 Å². The summed E-state index contributed by atoms with van der Waals surface area (Å²) >= 11 is 0. The summed E-state index contributed by atoms with van der Waals surface area (Å²) in [6.07, 6.45) is 1.53. The summed E-state index contributed by atoms with van der Waals surface area (Å²) < 4.78 is 1.53. The van der Waals surface area contributed by atoms with Crippen LogP contribution in [-0.2, 0) is 11.8 Å². The van der Waals surface area contributed by atoms with Crippen LogP contribution in [0.25, 0.3) is 0 Å². The highest BCUT2D eigenvalue weighted by Crippen LogP contribution is 2.02. The molecule has 1 rings (SSSR count). The molecule has 0 fully saturated rings. The standard InChI is InChI=1S/C6H11N5O/c1-4(6(7)12)9-5-3-8-10-11(5)2/h3-4,9H,1-2H3,(H2,7,12). The van der Waals surface area contributed by atoms with Crippen LogP contribution in [0.1, 0.15) is 6.92 Å². The van der Waals surface area contributed by atoms with Gasteiger partial charge in [-0.1, -0.05) is 5.21 Å². The zero-order chi connectivity index (χ0) is 9.14. The van der Waals surface area contributed by atoms with Gasteiger partial charge in [-0.2, -0.15) is 0 Å². The number of rotatable bonds is 3. The van der Waals surface area contributed by atoms with Crippen molar-refractivity contribution in [3.05, 3.63) is 6.20 Å². The van der Waals surface area contributed by atoms with Crippen LogP contribution in [0.15, 0.2) is 6.20 Å². The first-order chi connectivity index (χ1) is 5.61. The second-order valence-electron chi connectivity index (χ2n) is 2.51. The van der Waals surface area contributed by atoms with Crippen molar-refractivity contribution in [1.29, 1.82) is 0 Å². The number of primary amides is 1. The predicted octanol–water partition coefficient (Wildman–Crippen LogP) is -0.899. The fourth-order valence-corrected chi connectivity index (χ4v) is 0.713. The number of amides is 1. The van der Waals surface area contributed by atoms with E-state index in [0.29, 0.717) is 5.82 Å². The van der Waals surface area contributed by atoms with Crippen molar-refractivity contribution in [2.45, 2.75) is 13.0 Å². The number of nitrogens with zero attached hydrogens (tertiary/aromatic N) is 3. The van der Waals surface area contributed by atoms with Gasteiger partial charge in [-0.15, -0.1) is 5.10 Å². The monoisotopic (exact) mass is 169 g/mol. The fourth-order valence-electron chi connectivity index (χ4n) is 0.713. The highest BCUT2D eigenvalue weighted by atomic mass is 16.1. The average molecular weight is 169 g/mol. The summed E-state index contributed by atoms with van der Waals surface area (Å²) in [4.78, 5) is 10.6. The topological polar surface area (TPSA) is 85.8 Å². The van der Waals surface area contributed by atoms with E-state index in [9.17, 15) is 4.79 Å². The van der Waals surface area contributed by atoms with Gasteiger partial charge in [0.1, 0.15) is 11.9 Å². The van der Waals surface area contributed by atoms with Crippen LogP contribution in [0, 0.1) is 0 Å². The van der Waals surface area contributed by atoms with Crippen molar-refractivity contribution in [1.82, 2.24) is 15.0 Å². The van der Waals surface area contributed by atoms with E-state index < -0.39 is 11.9 Å². The van der Waals surface area contributed by atoms with Gasteiger partial charge in [0, 0.05) is 7.05 Å². The van der Waals surface area contributed by atoms with Gasteiger partial charge in [0.25, 0.3) is 0 Å². The molecule has 0 aliphatic heterocycles. The number of hydrogen-bond donors (Lipinski definition) is 2. The first kappa shape index (κ1) is 8.51. The summed E-state index contributed by atoms with van der Waals surface area (Å²) in [5, 5.41) is 10.2. The first-order valence-electron chi connectivity index (χ1n) is 3.52. The number of hydrogen-bond acceptors (Lipinski definition) is 4. The highest BCUT2D eigenvalue weighted by Gasteiger charge is 2.09. The lowest BCUT2D eigenvalue weighted by molar-refractivity contribution is -0.118. The Hall–Kier alpha value is -1.59. The molecule has 0 aliphatic carbocycles. The lowest BCUT2D eigenvalue weighted by Gasteiger charge is -2.09. The van der Waals surface area contributed by atoms with E-state index >= 15 is 0 Å². The number of carbonyl (C=O) groups is 1. The van der Waals surface area contributed by atoms with E-state index in [0.717, 1.165) is 0 Å². The molecule has 66 valence electrons. The van der Waals surface area contributed by atoms with Crippen molar-refractivity contribution in [3.63, 3.8) is 0 Å². The van der Waals surface area contributed by atoms with Crippen molar-refractivity contribution < 1.29 is 4.79 Å². The quantitative estimate of drug-likeness (QED) is 0.614. The Bertz CT molecular complexity index is 281. The molecule has 1 unspecified atom stereocenters. The van der Waals surface area contributed by atoms with Gasteiger partial charge < -0.3 is 11.1 Å². The first-order valence-corrected chi connectivity index (χ1v) is 3.52. The summed E-state index contributed by atoms with van der Waals surface area (Å²) in [5.74, 6) is 0.262. The van der Waals surface area contributed by atoms with E-state index in [2.05, 4.69) is 15.6 Å². The zero-order valence-electron chi connectivity index (χ0n) is 6.98. The van der Waals surface area contributed by atoms with E-state index in [-0.39, 0.29) is 0 Å². The van der Waals surface area contributed by atoms with Crippen LogP contribution in [0.5, 0.6) is 0 Å². The number of anilines is 1. The number of aryl methyl sites for hydroxylation is 1. The molecule has 0 bridgehead atoms. The Morgan fingerprint density at radius 3 is 2.92 bits per heavy atom. The SMILES string of the molecule is CC(Nc1cnnn1C)C(N)=O. The smallest absolute Gasteiger partial charge is 0.239 e. The summed E-state index contributed by atoms with van der Waals surface area (Å²) in [7, 11) is 1.73. The molecule has 6 nitrogen and oxygen atoms in total. The molecule has 1 amide bonds. The maximum Gasteiger partial charge on any atom is 0.239 e. The highest BCUT2D eigenvalue weighted by molar-refractivity contribution is 5.82. The number of carbonyl (C=O) groups excluding carboxylic acids is 1. The molecular weight excluding hydrogens is 158 g/mol. The van der Waals surface area contributed by atoms with E-state index in [1.54, 1.807) is 14.0 Å². The number of nitrogens with one attached hydrogen (secondary N) is 1. The fraction of sp³-hybridized carbons (Fsp3) is 0.500. The van der Waals surface area contributed by atoms with Crippen molar-refractivity contribution in [2.24, 2.45) is 12.8 Å². The normalized spacial score (nSPS) is 12.5. The molecule has 12 heavy (non-hydrogen) atoms. The summed E-state index contributed by atoms with van der Waals surface area (Å²) in [6, 6.07) is -0.415. The molecule has 1 atom stereocenters. The van der Waals surface area contributed by atoms with Gasteiger partial charge in [-0.05, 0) is 6.92 Å². The Balaban J connectivity index is 2.64. The van der Waals surface area contributed by atoms with Gasteiger partial charge in [0.2, 0.25) is 5.91 Å². The van der Waals surface area contributed by atoms with Crippen LogP contribution < -0.4 is 11.1 Å². The maximum atomic E-state index is 10.6. The molecule has 1 aromatic heterocycles. The third kappa shape index (κ3) is 1.71. The summed E-state index contributed by atoms with van der Waals surface area (Å²) in [5.41, 5.74) is 5.05. The third-order valence-corrected chi connectivity index (χ3v) is 1.51. The Kier molecular flexibility index (Phi) is 2.27. The lowest BCUT2D eigenvalue weighted by atomic mass is 10.3. The van der Waals surface area contributed by atoms with Gasteiger partial charge in [0.15, 0.2) is 0 Å². The Morgan fingerprint density at radius 2 is 2.50 bits per heavy atom. The van der Waals surface area contributed by atoms with Crippen LogP contribution >= 0.6 is 0 Å². The molecule has 0 spiro atoms. The van der Waals surface area contributed by atoms with Crippen molar-refractivity contribution >= 4 is 11.7 Å². The minimum absolute atomic E-state index is 0.406. The zero-order valence-corrected chi connectivity index (χ0v) is 6.98. The second kappa shape index (κ2) is 3.21. The molecule has 0 aromatic carbocycles. The van der Waals surface area contributed by atoms with Crippen LogP contribution in [-0.4, -0.2) is 26.9 Å². The molecule has 6 heteroatoms. The van der Waals surface area contributed by atoms with Gasteiger partial charge in [0.05, 0.1) is 6.20 Å². The van der Waals surface area contributed by atoms with Crippen molar-refractivity contribution in [3.8, 4) is 0 Å². The molecule has 0 saturated carbocycles. The van der Waals surface area contributed by atoms with Gasteiger partial charge >= 0.3 is 0 Å². The lowest BCUT2D eigenvalue weighted by Crippen LogP contribution is -2.33. The minimum atomic E-state index is -0.415. The number of nitrogens with two attached hydrogens (primary N) is 1. The van der Waals surface area contributed by atoms with Crippen molar-refractivity contribution in [2.75, 3.05) is 5.32 Å². The predicted molar refractivity (Wildman–Crippen MR) is 43.3 cm³/mol. The molecule has 1 aromatic rings. The van der Waals surface area contributed by atoms with Crippen LogP contribution in [0.3, 0.4) is 0 Å². The Labute approximate surface area is 69.7 Å². The molecule has 1 heterocycles. The maximum absolute atomic E-state index is 10.6. The average Bonchev–Trinajstić information content (AvgIpc) is 2.36. The minimum Gasteiger partial charge on any atom is -0.368 e. The van der Waals surface area contributed by atoms with Crippen LogP contribution in [0.4, 0.5) is 5.82 Å². The van der Waals surface area contributed by atoms with E-state index in [1.807, 2.05) is 0 Å². The molecule has 0 aliphatic rings. The molecule has 0 saturated heterocycles. The molecule has 3 N–H and O–H groups in total. The largest absolute Gasteiger partial charge is 0.368 e. The molecule has 0 radical (unpaired) electrons.